The van der Waals surface area contributed by atoms with Crippen LogP contribution in [0.5, 0.6) is 23.0 Å². The fourth-order valence-electron chi connectivity index (χ4n) is 14.5. The number of carbonyl (C=O) groups excluding carboxylic acids is 1. The van der Waals surface area contributed by atoms with E-state index in [4.69, 9.17) is 18.9 Å². The summed E-state index contributed by atoms with van der Waals surface area (Å²) in [5.41, 5.74) is 12.8. The molecule has 107 heavy (non-hydrogen) atoms. The third-order valence-corrected chi connectivity index (χ3v) is 21.4. The predicted octanol–water partition coefficient (Wildman–Crippen LogP) is 13.1. The van der Waals surface area contributed by atoms with E-state index in [0.717, 1.165) is 102 Å². The topological polar surface area (TPSA) is 243 Å². The van der Waals surface area contributed by atoms with Gasteiger partial charge in [-0.25, -0.2) is 8.42 Å². The summed E-state index contributed by atoms with van der Waals surface area (Å²) < 4.78 is 93.4. The number of ether oxygens (including phenoxy) is 4. The van der Waals surface area contributed by atoms with Gasteiger partial charge >= 0.3 is 0 Å². The zero-order valence-corrected chi connectivity index (χ0v) is 69.9. The monoisotopic (exact) mass is 1590 g/mol. The van der Waals surface area contributed by atoms with Crippen molar-refractivity contribution in [3.8, 4) is 23.0 Å². The summed E-state index contributed by atoms with van der Waals surface area (Å²) in [6.45, 7) is 14.4. The Morgan fingerprint density at radius 3 is 1.72 bits per heavy atom. The minimum Gasteiger partial charge on any atom is -0.748 e. The number of nitrogens with one attached hydrogen (secondary N) is 2. The van der Waals surface area contributed by atoms with E-state index in [-0.39, 0.29) is 69.5 Å². The predicted molar refractivity (Wildman–Crippen MR) is 408 cm³/mol. The van der Waals surface area contributed by atoms with Gasteiger partial charge in [0.25, 0.3) is 16.0 Å². The maximum Gasteiger partial charge on any atom is 0.264 e. The number of hydrogen-bond acceptors (Lipinski definition) is 17. The first kappa shape index (κ1) is 82.9. The second-order valence-electron chi connectivity index (χ2n) is 28.3. The molecule has 20 nitrogen and oxygen atoms in total. The summed E-state index contributed by atoms with van der Waals surface area (Å²) in [4.78, 5) is 40.7. The number of quaternary nitrogens is 1. The Kier molecular flexibility index (Phi) is 30.0. The molecule has 556 valence electrons. The van der Waals surface area contributed by atoms with Gasteiger partial charge in [0.2, 0.25) is 0 Å². The molecule has 2 unspecified atom stereocenters. The molecule has 3 aliphatic rings. The maximum absolute atomic E-state index is 13.9. The summed E-state index contributed by atoms with van der Waals surface area (Å²) in [6.07, 6.45) is 21.2. The van der Waals surface area contributed by atoms with Crippen LogP contribution in [0.2, 0.25) is 0 Å². The number of pyridine rings is 4. The molecule has 4 aromatic carbocycles. The van der Waals surface area contributed by atoms with Crippen LogP contribution in [0.3, 0.4) is 0 Å². The second-order valence-corrected chi connectivity index (χ2v) is 31.4. The average molecular weight is 1590 g/mol. The van der Waals surface area contributed by atoms with Crippen LogP contribution in [-0.4, -0.2) is 120 Å². The first-order valence-corrected chi connectivity index (χ1v) is 39.4. The second kappa shape index (κ2) is 38.8. The molecule has 3 N–H and O–H groups in total. The minimum absolute atomic E-state index is 0. The Labute approximate surface area is 656 Å². The van der Waals surface area contributed by atoms with Gasteiger partial charge in [-0.15, -0.1) is 0 Å². The van der Waals surface area contributed by atoms with E-state index >= 15 is 0 Å². The first-order valence-electron chi connectivity index (χ1n) is 36.2. The Morgan fingerprint density at radius 2 is 1.18 bits per heavy atom. The van der Waals surface area contributed by atoms with Crippen molar-refractivity contribution < 1.29 is 93.5 Å². The smallest absolute Gasteiger partial charge is 0.264 e. The SMILES string of the molecule is COc1ccc2c(c1)C(C)(C)/C(=C\C=C1/CCCC(/C=C/C3[NH+](CCCCS(=O)(=O)[O-])c4ccc(OC)cc4C3(C)C)=C1Oc1ccc(C(=O)NCCCCOc3cc(CN(Cc4ccccn4)Cc4ccccn4)cc(CN(Cc4ccccn4)Cc4ccccn4)c3)cc1)N2CCCCS(=O)(=O)O.[Zn].[Zn]. The van der Waals surface area contributed by atoms with Gasteiger partial charge in [-0.2, -0.15) is 8.42 Å². The largest absolute Gasteiger partial charge is 0.748 e. The number of rotatable bonds is 36. The van der Waals surface area contributed by atoms with Crippen LogP contribution in [0.4, 0.5) is 11.4 Å². The number of fused-ring (bicyclic) bond motifs is 2. The summed E-state index contributed by atoms with van der Waals surface area (Å²) in [6, 6.07) is 49.7. The van der Waals surface area contributed by atoms with Crippen molar-refractivity contribution in [1.82, 2.24) is 35.1 Å². The molecule has 2 atom stereocenters. The van der Waals surface area contributed by atoms with Gasteiger partial charge in [-0.05, 0) is 227 Å². The van der Waals surface area contributed by atoms with Gasteiger partial charge in [0.15, 0.2) is 0 Å². The van der Waals surface area contributed by atoms with Crippen molar-refractivity contribution in [2.75, 3.05) is 56.9 Å². The fourth-order valence-corrected chi connectivity index (χ4v) is 15.7. The number of allylic oxidation sites excluding steroid dienone is 6. The van der Waals surface area contributed by atoms with Crippen LogP contribution in [0.15, 0.2) is 223 Å². The number of anilines is 1. The standard InChI is InChI=1S/C83H97N9O11S2.2Zn/c1-82(2)74-53-71(100-5)34-36-76(74)91(45-16-19-48-104(94,95)96)78(82)38-30-63-22-21-23-64(31-39-79-83(3,4)75-54-72(101-6)35-37-77(75)92(79)46-17-20-49-105(97,98)99)80(63)103-70-32-28-65(29-33-70)81(93)88-44-15-18-47-102-73-51-61(55-89(57-66-24-7-11-40-84-66)58-67-25-8-12-41-85-67)50-62(52-73)56-90(59-68-26-9-13-42-86-68)60-69-27-10-14-43-87-69;;/h7-14,24-43,50-54,78H,15-23,44-49,55-60H2,1-6H3,(H,88,93)(H,94,95,96)(H,97,98,99);;/b38-30+,64-31+,79-39+;;. The molecule has 11 rings (SSSR count). The third-order valence-electron chi connectivity index (χ3n) is 19.8. The van der Waals surface area contributed by atoms with E-state index in [0.29, 0.717) is 121 Å². The van der Waals surface area contributed by atoms with Crippen LogP contribution in [-0.2, 0) is 109 Å². The minimum atomic E-state index is -4.37. The van der Waals surface area contributed by atoms with E-state index in [1.54, 1.807) is 26.4 Å². The van der Waals surface area contributed by atoms with E-state index < -0.39 is 36.8 Å². The van der Waals surface area contributed by atoms with E-state index in [1.165, 1.54) is 0 Å². The van der Waals surface area contributed by atoms with E-state index in [1.807, 2.05) is 128 Å². The third kappa shape index (κ3) is 23.2. The van der Waals surface area contributed by atoms with Crippen LogP contribution < -0.4 is 34.1 Å². The van der Waals surface area contributed by atoms with Crippen molar-refractivity contribution in [1.29, 1.82) is 0 Å². The summed E-state index contributed by atoms with van der Waals surface area (Å²) in [5.74, 6) is 2.49. The Bertz CT molecular complexity index is 4420. The summed E-state index contributed by atoms with van der Waals surface area (Å²) in [5, 5.41) is 3.13. The number of unbranched alkanes of at least 4 members (excludes halogenated alkanes) is 3. The molecular weight excluding hydrogens is 1490 g/mol. The molecular formula is C83H97N9O11S2Zn2. The van der Waals surface area contributed by atoms with Crippen molar-refractivity contribution in [2.45, 2.75) is 142 Å². The maximum atomic E-state index is 13.9. The molecule has 0 saturated carbocycles. The molecule has 0 fully saturated rings. The Hall–Kier alpha value is -8.14. The zero-order valence-electron chi connectivity index (χ0n) is 62.4. The average Bonchev–Trinajstić information content (AvgIpc) is 1.60. The number of methoxy groups -OCH3 is 2. The number of benzene rings is 4. The molecule has 1 aliphatic carbocycles. The normalized spacial score (nSPS) is 16.7. The van der Waals surface area contributed by atoms with Crippen molar-refractivity contribution >= 4 is 37.5 Å². The quantitative estimate of drug-likeness (QED) is 0.0188. The zero-order chi connectivity index (χ0) is 74.0. The molecule has 0 radical (unpaired) electrons. The van der Waals surface area contributed by atoms with Gasteiger partial charge in [0, 0.05) is 156 Å². The van der Waals surface area contributed by atoms with Gasteiger partial charge in [0.05, 0.1) is 71.4 Å². The number of amides is 1. The molecule has 2 aliphatic heterocycles. The van der Waals surface area contributed by atoms with Crippen LogP contribution in [0.1, 0.15) is 141 Å². The van der Waals surface area contributed by atoms with E-state index in [2.05, 4.69) is 128 Å². The molecule has 1 amide bonds. The molecule has 0 saturated heterocycles. The van der Waals surface area contributed by atoms with Crippen molar-refractivity contribution in [2.24, 2.45) is 0 Å². The summed E-state index contributed by atoms with van der Waals surface area (Å²) >= 11 is 0. The van der Waals surface area contributed by atoms with Crippen LogP contribution in [0.25, 0.3) is 0 Å². The Balaban J connectivity index is 0.00000661. The molecule has 6 heterocycles. The van der Waals surface area contributed by atoms with Gasteiger partial charge in [-0.1, -0.05) is 56.3 Å². The van der Waals surface area contributed by atoms with Crippen LogP contribution >= 0.6 is 0 Å². The van der Waals surface area contributed by atoms with Gasteiger partial charge < -0.3 is 33.7 Å². The number of aromatic nitrogens is 4. The first-order chi connectivity index (χ1) is 50.6. The number of carbonyl (C=O) groups is 1. The van der Waals surface area contributed by atoms with Crippen LogP contribution in [0, 0.1) is 0 Å². The molecule has 0 bridgehead atoms. The molecule has 24 heteroatoms. The van der Waals surface area contributed by atoms with Gasteiger partial charge in [-0.3, -0.25) is 44.0 Å². The van der Waals surface area contributed by atoms with Gasteiger partial charge in [0.1, 0.15) is 40.5 Å². The Morgan fingerprint density at radius 1 is 0.626 bits per heavy atom. The molecule has 0 spiro atoms. The van der Waals surface area contributed by atoms with Crippen molar-refractivity contribution in [3.63, 3.8) is 0 Å². The number of nitrogens with zero attached hydrogens (tertiary/aromatic N) is 7. The number of hydrogen-bond donors (Lipinski definition) is 3. The van der Waals surface area contributed by atoms with Crippen molar-refractivity contribution in [3.05, 3.63) is 274 Å². The summed E-state index contributed by atoms with van der Waals surface area (Å²) in [7, 11) is -5.21. The van der Waals surface area contributed by atoms with E-state index in [9.17, 15) is 30.7 Å². The fraction of sp³-hybridized carbons (Fsp3) is 0.361. The molecule has 8 aromatic rings. The molecule has 4 aromatic heterocycles.